The molecule has 0 rings (SSSR count). The van der Waals surface area contributed by atoms with E-state index in [0.717, 1.165) is 122 Å². The number of likely N-dealkylation sites (N-methyl/N-ethyl adjacent to an activating group) is 1. The molecular formula is C61H107N2O7P. The van der Waals surface area contributed by atoms with E-state index in [1.807, 2.05) is 33.3 Å². The minimum absolute atomic E-state index is 0.0350. The predicted molar refractivity (Wildman–Crippen MR) is 302 cm³/mol. The van der Waals surface area contributed by atoms with Gasteiger partial charge < -0.3 is 28.5 Å². The second-order valence-electron chi connectivity index (χ2n) is 20.1. The molecule has 0 aromatic heterocycles. The lowest BCUT2D eigenvalue weighted by Gasteiger charge is -2.30. The third-order valence-electron chi connectivity index (χ3n) is 12.0. The summed E-state index contributed by atoms with van der Waals surface area (Å²) in [5, 5.41) is 3.00. The largest absolute Gasteiger partial charge is 0.756 e. The van der Waals surface area contributed by atoms with Gasteiger partial charge in [0.15, 0.2) is 0 Å². The number of hydrogen-bond donors (Lipinski definition) is 1. The van der Waals surface area contributed by atoms with Gasteiger partial charge in [-0.25, -0.2) is 0 Å². The number of unbranched alkanes of at least 4 members (excludes halogenated alkanes) is 21. The van der Waals surface area contributed by atoms with Crippen molar-refractivity contribution < 1.29 is 37.3 Å². The summed E-state index contributed by atoms with van der Waals surface area (Å²) in [5.74, 6) is -0.600. The second kappa shape index (κ2) is 50.5. The number of quaternary nitrogens is 1. The first-order chi connectivity index (χ1) is 34.4. The summed E-state index contributed by atoms with van der Waals surface area (Å²) in [6.45, 7) is 6.64. The van der Waals surface area contributed by atoms with Crippen molar-refractivity contribution in [3.05, 3.63) is 97.2 Å². The van der Waals surface area contributed by atoms with E-state index in [4.69, 9.17) is 13.8 Å². The van der Waals surface area contributed by atoms with E-state index in [9.17, 15) is 19.0 Å². The van der Waals surface area contributed by atoms with Crippen LogP contribution in [0.25, 0.3) is 0 Å². The zero-order valence-electron chi connectivity index (χ0n) is 46.4. The number of rotatable bonds is 50. The molecule has 1 amide bonds. The van der Waals surface area contributed by atoms with Crippen molar-refractivity contribution in [3.8, 4) is 0 Å². The van der Waals surface area contributed by atoms with Crippen molar-refractivity contribution in [3.63, 3.8) is 0 Å². The van der Waals surface area contributed by atoms with Gasteiger partial charge in [0.2, 0.25) is 5.91 Å². The molecule has 0 radical (unpaired) electrons. The van der Waals surface area contributed by atoms with Gasteiger partial charge >= 0.3 is 5.97 Å². The van der Waals surface area contributed by atoms with Crippen molar-refractivity contribution in [2.45, 2.75) is 238 Å². The Hall–Kier alpha value is -3.07. The summed E-state index contributed by atoms with van der Waals surface area (Å²) in [6, 6.07) is -0.912. The molecule has 408 valence electrons. The Morgan fingerprint density at radius 2 is 0.944 bits per heavy atom. The van der Waals surface area contributed by atoms with Gasteiger partial charge in [-0.3, -0.25) is 14.2 Å². The average Bonchev–Trinajstić information content (AvgIpc) is 3.33. The Bertz CT molecular complexity index is 1540. The number of carbonyl (C=O) groups excluding carboxylic acids is 2. The number of esters is 1. The van der Waals surface area contributed by atoms with Gasteiger partial charge in [0.1, 0.15) is 19.3 Å². The molecule has 3 unspecified atom stereocenters. The number of phosphoric acid groups is 1. The van der Waals surface area contributed by atoms with E-state index in [2.05, 4.69) is 111 Å². The van der Waals surface area contributed by atoms with Crippen LogP contribution in [0.3, 0.4) is 0 Å². The molecular weight excluding hydrogens is 904 g/mol. The molecule has 10 heteroatoms. The van der Waals surface area contributed by atoms with Crippen LogP contribution in [0.1, 0.15) is 226 Å². The molecule has 71 heavy (non-hydrogen) atoms. The summed E-state index contributed by atoms with van der Waals surface area (Å²) in [5.41, 5.74) is 0. The average molecular weight is 1010 g/mol. The van der Waals surface area contributed by atoms with Crippen molar-refractivity contribution in [1.29, 1.82) is 0 Å². The monoisotopic (exact) mass is 1010 g/mol. The molecule has 0 aliphatic heterocycles. The number of allylic oxidation sites excluding steroid dienone is 15. The van der Waals surface area contributed by atoms with Crippen molar-refractivity contribution >= 4 is 19.7 Å². The van der Waals surface area contributed by atoms with Crippen molar-refractivity contribution in [2.75, 3.05) is 40.9 Å². The van der Waals surface area contributed by atoms with Crippen LogP contribution in [0.15, 0.2) is 97.2 Å². The zero-order chi connectivity index (χ0) is 52.2. The molecule has 0 saturated heterocycles. The van der Waals surface area contributed by atoms with E-state index in [-0.39, 0.29) is 24.9 Å². The number of hydrogen-bond acceptors (Lipinski definition) is 7. The maximum Gasteiger partial charge on any atom is 0.306 e. The van der Waals surface area contributed by atoms with E-state index in [1.54, 1.807) is 0 Å². The lowest BCUT2D eigenvalue weighted by Crippen LogP contribution is -2.47. The molecule has 0 aromatic rings. The highest BCUT2D eigenvalue weighted by atomic mass is 31.2. The molecule has 0 aliphatic carbocycles. The Morgan fingerprint density at radius 3 is 1.48 bits per heavy atom. The van der Waals surface area contributed by atoms with E-state index in [0.29, 0.717) is 23.9 Å². The highest BCUT2D eigenvalue weighted by Gasteiger charge is 2.27. The van der Waals surface area contributed by atoms with Crippen LogP contribution in [-0.4, -0.2) is 69.4 Å². The highest BCUT2D eigenvalue weighted by molar-refractivity contribution is 7.45. The van der Waals surface area contributed by atoms with Gasteiger partial charge in [-0.1, -0.05) is 208 Å². The first-order valence-electron chi connectivity index (χ1n) is 28.6. The maximum absolute atomic E-state index is 13.5. The third kappa shape index (κ3) is 51.6. The smallest absolute Gasteiger partial charge is 0.306 e. The number of nitrogens with zero attached hydrogens (tertiary/aromatic N) is 1. The molecule has 0 spiro atoms. The van der Waals surface area contributed by atoms with Crippen LogP contribution in [0, 0.1) is 0 Å². The molecule has 9 nitrogen and oxygen atoms in total. The van der Waals surface area contributed by atoms with E-state index >= 15 is 0 Å². The Labute approximate surface area is 437 Å². The van der Waals surface area contributed by atoms with Crippen molar-refractivity contribution in [1.82, 2.24) is 5.32 Å². The highest BCUT2D eigenvalue weighted by Crippen LogP contribution is 2.38. The third-order valence-corrected chi connectivity index (χ3v) is 13.0. The van der Waals surface area contributed by atoms with Gasteiger partial charge in [0.25, 0.3) is 7.82 Å². The van der Waals surface area contributed by atoms with Gasteiger partial charge in [-0.2, -0.15) is 0 Å². The molecule has 0 aromatic carbocycles. The molecule has 0 heterocycles. The van der Waals surface area contributed by atoms with Crippen LogP contribution < -0.4 is 10.2 Å². The second-order valence-corrected chi connectivity index (χ2v) is 21.5. The lowest BCUT2D eigenvalue weighted by atomic mass is 10.1. The molecule has 0 bridgehead atoms. The molecule has 0 aliphatic rings. The fraction of sp³-hybridized carbons (Fsp3) is 0.705. The number of nitrogens with one attached hydrogen (secondary N) is 1. The fourth-order valence-corrected chi connectivity index (χ4v) is 8.32. The van der Waals surface area contributed by atoms with Gasteiger partial charge in [-0.05, 0) is 102 Å². The summed E-state index contributed by atoms with van der Waals surface area (Å²) >= 11 is 0. The number of phosphoric ester groups is 1. The van der Waals surface area contributed by atoms with Crippen LogP contribution in [-0.2, 0) is 27.9 Å². The predicted octanol–water partition coefficient (Wildman–Crippen LogP) is 16.6. The molecule has 1 N–H and O–H groups in total. The van der Waals surface area contributed by atoms with Gasteiger partial charge in [0.05, 0.1) is 33.8 Å². The minimum Gasteiger partial charge on any atom is -0.756 e. The first kappa shape index (κ1) is 67.9. The van der Waals surface area contributed by atoms with E-state index < -0.39 is 26.6 Å². The SMILES string of the molecule is CC/C=C\C/C=C\C/C=C\C/C=C\C/C=C\CCCCCC(=O)OC(/C=C/CCCCCCCCCCC)C(COP(=O)([O-])OCC[N+](C)(C)C)NC(=O)CCCCCCCC/C=C/C=C/CCCCC. The zero-order valence-corrected chi connectivity index (χ0v) is 47.3. The van der Waals surface area contributed by atoms with E-state index in [1.165, 1.54) is 64.2 Å². The number of ether oxygens (including phenoxy) is 1. The first-order valence-corrected chi connectivity index (χ1v) is 30.0. The normalized spacial score (nSPS) is 14.5. The summed E-state index contributed by atoms with van der Waals surface area (Å²) in [4.78, 5) is 39.8. The van der Waals surface area contributed by atoms with Crippen LogP contribution >= 0.6 is 7.82 Å². The standard InChI is InChI=1S/C61H107N2O7P/c1-7-10-13-16-19-22-25-27-29-30-31-32-34-36-39-42-45-48-51-54-61(65)70-59(52-49-46-43-40-37-24-21-18-15-12-9-3)58(57-69-71(66,67)68-56-55-63(4,5)6)62-60(64)53-50-47-44-41-38-35-33-28-26-23-20-17-14-11-8-2/h10,13,19-20,22-23,26-29,31-32,36,39,49,52,58-59H,7-9,11-12,14-18,21,24-25,30,33-35,37-38,40-48,50-51,53-57H2,1-6H3,(H-,62,64,66,67)/b13-10-,22-19-,23-20+,28-26+,29-27-,32-31-,39-36-,52-49+. The Balaban J connectivity index is 5.40. The van der Waals surface area contributed by atoms with Crippen LogP contribution in [0.5, 0.6) is 0 Å². The number of amides is 1. The Morgan fingerprint density at radius 1 is 0.521 bits per heavy atom. The Kier molecular flexibility index (Phi) is 48.3. The molecule has 0 fully saturated rings. The fourth-order valence-electron chi connectivity index (χ4n) is 7.60. The molecule has 3 atom stereocenters. The molecule has 0 saturated carbocycles. The van der Waals surface area contributed by atoms with Crippen LogP contribution in [0.2, 0.25) is 0 Å². The lowest BCUT2D eigenvalue weighted by molar-refractivity contribution is -0.870. The summed E-state index contributed by atoms with van der Waals surface area (Å²) in [7, 11) is 1.14. The summed E-state index contributed by atoms with van der Waals surface area (Å²) < 4.78 is 30.2. The maximum atomic E-state index is 13.5. The topological polar surface area (TPSA) is 114 Å². The minimum atomic E-state index is -4.71. The summed E-state index contributed by atoms with van der Waals surface area (Å²) in [6.07, 6.45) is 66.5. The van der Waals surface area contributed by atoms with Gasteiger partial charge in [-0.15, -0.1) is 0 Å². The quantitative estimate of drug-likeness (QED) is 0.0161. The van der Waals surface area contributed by atoms with Crippen LogP contribution in [0.4, 0.5) is 0 Å². The number of carbonyl (C=O) groups is 2. The van der Waals surface area contributed by atoms with Gasteiger partial charge in [0, 0.05) is 12.8 Å². The van der Waals surface area contributed by atoms with Crippen molar-refractivity contribution in [2.24, 2.45) is 0 Å².